The van der Waals surface area contributed by atoms with Crippen molar-refractivity contribution in [1.29, 1.82) is 0 Å². The number of rotatable bonds is 3. The monoisotopic (exact) mass is 345 g/mol. The van der Waals surface area contributed by atoms with E-state index < -0.39 is 0 Å². The summed E-state index contributed by atoms with van der Waals surface area (Å²) in [6.07, 6.45) is 4.33. The zero-order valence-corrected chi connectivity index (χ0v) is 14.7. The van der Waals surface area contributed by atoms with E-state index in [-0.39, 0.29) is 17.7 Å². The smallest absolute Gasteiger partial charge is 0.320 e. The number of piperazine rings is 1. The maximum absolute atomic E-state index is 12.5. The molecule has 0 atom stereocenters. The van der Waals surface area contributed by atoms with Crippen LogP contribution in [0.15, 0.2) is 24.3 Å². The topological polar surface area (TPSA) is 64.1 Å². The van der Waals surface area contributed by atoms with Crippen molar-refractivity contribution in [1.82, 2.24) is 14.7 Å². The van der Waals surface area contributed by atoms with Gasteiger partial charge in [0, 0.05) is 45.7 Å². The van der Waals surface area contributed by atoms with Gasteiger partial charge in [-0.2, -0.15) is 0 Å². The maximum Gasteiger partial charge on any atom is 0.320 e. The lowest BCUT2D eigenvalue weighted by Gasteiger charge is -2.38. The average Bonchev–Trinajstić information content (AvgIpc) is 2.67. The highest BCUT2D eigenvalue weighted by atomic mass is 16.3. The van der Waals surface area contributed by atoms with Crippen molar-refractivity contribution in [3.8, 4) is 5.75 Å². The van der Waals surface area contributed by atoms with Gasteiger partial charge in [-0.15, -0.1) is 0 Å². The Morgan fingerprint density at radius 2 is 1.44 bits per heavy atom. The first-order chi connectivity index (χ1) is 12.1. The van der Waals surface area contributed by atoms with E-state index in [1.54, 1.807) is 12.1 Å². The SMILES string of the molecule is O=C(CCc1ccccc1O)N1CCN(C(=O)N2CCCCC2)CC1. The second-order valence-electron chi connectivity index (χ2n) is 6.83. The van der Waals surface area contributed by atoms with Crippen LogP contribution in [0.5, 0.6) is 5.75 Å². The first-order valence-electron chi connectivity index (χ1n) is 9.23. The Balaban J connectivity index is 1.44. The number of benzene rings is 1. The van der Waals surface area contributed by atoms with Crippen LogP contribution < -0.4 is 0 Å². The van der Waals surface area contributed by atoms with Crippen LogP contribution in [0.1, 0.15) is 31.2 Å². The number of urea groups is 1. The third-order valence-corrected chi connectivity index (χ3v) is 5.13. The van der Waals surface area contributed by atoms with Crippen molar-refractivity contribution in [2.75, 3.05) is 39.3 Å². The predicted molar refractivity (Wildman–Crippen MR) is 95.4 cm³/mol. The van der Waals surface area contributed by atoms with Gasteiger partial charge >= 0.3 is 6.03 Å². The van der Waals surface area contributed by atoms with E-state index in [1.165, 1.54) is 6.42 Å². The molecule has 0 spiro atoms. The Morgan fingerprint density at radius 3 is 2.12 bits per heavy atom. The summed E-state index contributed by atoms with van der Waals surface area (Å²) in [6.45, 7) is 4.13. The maximum atomic E-state index is 12.5. The standard InChI is InChI=1S/C19H27N3O3/c23-17-7-3-2-6-16(17)8-9-18(24)20-12-14-22(15-13-20)19(25)21-10-4-1-5-11-21/h2-3,6-7,23H,1,4-5,8-15H2. The first kappa shape index (κ1) is 17.6. The number of phenols is 1. The van der Waals surface area contributed by atoms with Crippen LogP contribution in [0.2, 0.25) is 0 Å². The molecule has 6 heteroatoms. The molecule has 0 unspecified atom stereocenters. The third-order valence-electron chi connectivity index (χ3n) is 5.13. The number of carbonyl (C=O) groups excluding carboxylic acids is 2. The number of aromatic hydroxyl groups is 1. The highest BCUT2D eigenvalue weighted by Gasteiger charge is 2.27. The second kappa shape index (κ2) is 8.23. The molecule has 25 heavy (non-hydrogen) atoms. The minimum Gasteiger partial charge on any atom is -0.508 e. The molecule has 0 bridgehead atoms. The van der Waals surface area contributed by atoms with Gasteiger partial charge in [-0.3, -0.25) is 4.79 Å². The second-order valence-corrected chi connectivity index (χ2v) is 6.83. The lowest BCUT2D eigenvalue weighted by molar-refractivity contribution is -0.132. The van der Waals surface area contributed by atoms with Crippen LogP contribution >= 0.6 is 0 Å². The van der Waals surface area contributed by atoms with Crippen LogP contribution in [0, 0.1) is 0 Å². The fourth-order valence-corrected chi connectivity index (χ4v) is 3.55. The van der Waals surface area contributed by atoms with Crippen molar-refractivity contribution >= 4 is 11.9 Å². The van der Waals surface area contributed by atoms with E-state index in [1.807, 2.05) is 26.8 Å². The number of amides is 3. The summed E-state index contributed by atoms with van der Waals surface area (Å²) in [5, 5.41) is 9.78. The predicted octanol–water partition coefficient (Wildman–Crippen LogP) is 2.07. The molecule has 1 aromatic rings. The average molecular weight is 345 g/mol. The van der Waals surface area contributed by atoms with E-state index in [2.05, 4.69) is 0 Å². The normalized spacial score (nSPS) is 18.3. The molecule has 2 aliphatic rings. The Morgan fingerprint density at radius 1 is 0.840 bits per heavy atom. The number of phenolic OH excluding ortho intramolecular Hbond substituents is 1. The molecule has 2 heterocycles. The summed E-state index contributed by atoms with van der Waals surface area (Å²) in [6, 6.07) is 7.26. The van der Waals surface area contributed by atoms with Gasteiger partial charge in [0.05, 0.1) is 0 Å². The van der Waals surface area contributed by atoms with Crippen molar-refractivity contribution in [3.05, 3.63) is 29.8 Å². The number of para-hydroxylation sites is 1. The van der Waals surface area contributed by atoms with E-state index in [9.17, 15) is 14.7 Å². The van der Waals surface area contributed by atoms with Crippen LogP contribution in [-0.2, 0) is 11.2 Å². The largest absolute Gasteiger partial charge is 0.508 e. The molecule has 1 N–H and O–H groups in total. The molecular formula is C19H27N3O3. The molecule has 3 rings (SSSR count). The number of carbonyl (C=O) groups is 2. The van der Waals surface area contributed by atoms with Crippen LogP contribution in [-0.4, -0.2) is 71.0 Å². The summed E-state index contributed by atoms with van der Waals surface area (Å²) in [5.41, 5.74) is 0.801. The molecule has 2 saturated heterocycles. The summed E-state index contributed by atoms with van der Waals surface area (Å²) in [4.78, 5) is 30.5. The van der Waals surface area contributed by atoms with Crippen LogP contribution in [0.3, 0.4) is 0 Å². The summed E-state index contributed by atoms with van der Waals surface area (Å²) in [7, 11) is 0. The zero-order valence-electron chi connectivity index (χ0n) is 14.7. The Hall–Kier alpha value is -2.24. The molecular weight excluding hydrogens is 318 g/mol. The van der Waals surface area contributed by atoms with E-state index >= 15 is 0 Å². The van der Waals surface area contributed by atoms with Crippen LogP contribution in [0.25, 0.3) is 0 Å². The molecule has 2 aliphatic heterocycles. The van der Waals surface area contributed by atoms with Crippen molar-refractivity contribution in [3.63, 3.8) is 0 Å². The quantitative estimate of drug-likeness (QED) is 0.912. The molecule has 6 nitrogen and oxygen atoms in total. The number of nitrogens with zero attached hydrogens (tertiary/aromatic N) is 3. The molecule has 0 aromatic heterocycles. The Bertz CT molecular complexity index is 606. The van der Waals surface area contributed by atoms with Crippen molar-refractivity contribution < 1.29 is 14.7 Å². The van der Waals surface area contributed by atoms with Crippen molar-refractivity contribution in [2.24, 2.45) is 0 Å². The van der Waals surface area contributed by atoms with Gasteiger partial charge in [-0.05, 0) is 37.3 Å². The fraction of sp³-hybridized carbons (Fsp3) is 0.579. The lowest BCUT2D eigenvalue weighted by Crippen LogP contribution is -2.54. The highest BCUT2D eigenvalue weighted by Crippen LogP contribution is 2.18. The molecule has 0 aliphatic carbocycles. The van der Waals surface area contributed by atoms with Gasteiger partial charge in [0.1, 0.15) is 5.75 Å². The number of hydrogen-bond donors (Lipinski definition) is 1. The first-order valence-corrected chi connectivity index (χ1v) is 9.23. The Kier molecular flexibility index (Phi) is 5.79. The van der Waals surface area contributed by atoms with E-state index in [4.69, 9.17) is 0 Å². The fourth-order valence-electron chi connectivity index (χ4n) is 3.55. The molecule has 136 valence electrons. The van der Waals surface area contributed by atoms with E-state index in [0.29, 0.717) is 39.0 Å². The van der Waals surface area contributed by atoms with Gasteiger partial charge in [0.15, 0.2) is 0 Å². The number of likely N-dealkylation sites (tertiary alicyclic amines) is 1. The molecule has 3 amide bonds. The Labute approximate surface area is 149 Å². The number of hydrogen-bond acceptors (Lipinski definition) is 3. The zero-order chi connectivity index (χ0) is 17.6. The molecule has 0 radical (unpaired) electrons. The molecule has 2 fully saturated rings. The van der Waals surface area contributed by atoms with Gasteiger partial charge in [-0.1, -0.05) is 18.2 Å². The number of piperidine rings is 1. The third kappa shape index (κ3) is 4.44. The minimum atomic E-state index is 0.0910. The summed E-state index contributed by atoms with van der Waals surface area (Å²) >= 11 is 0. The van der Waals surface area contributed by atoms with Gasteiger partial charge in [0.25, 0.3) is 0 Å². The van der Waals surface area contributed by atoms with Gasteiger partial charge in [-0.25, -0.2) is 4.79 Å². The summed E-state index contributed by atoms with van der Waals surface area (Å²) in [5.74, 6) is 0.334. The molecule has 1 aromatic carbocycles. The molecule has 0 saturated carbocycles. The highest BCUT2D eigenvalue weighted by molar-refractivity contribution is 5.78. The van der Waals surface area contributed by atoms with Crippen molar-refractivity contribution in [2.45, 2.75) is 32.1 Å². The minimum absolute atomic E-state index is 0.0910. The van der Waals surface area contributed by atoms with Crippen LogP contribution in [0.4, 0.5) is 4.79 Å². The van der Waals surface area contributed by atoms with Gasteiger partial charge in [0.2, 0.25) is 5.91 Å². The summed E-state index contributed by atoms with van der Waals surface area (Å²) < 4.78 is 0. The van der Waals surface area contributed by atoms with E-state index in [0.717, 1.165) is 31.5 Å². The van der Waals surface area contributed by atoms with Gasteiger partial charge < -0.3 is 19.8 Å². The number of aryl methyl sites for hydroxylation is 1. The lowest BCUT2D eigenvalue weighted by atomic mass is 10.1.